The van der Waals surface area contributed by atoms with Crippen molar-refractivity contribution in [2.45, 2.75) is 18.0 Å². The lowest BCUT2D eigenvalue weighted by molar-refractivity contribution is 0.102. The van der Waals surface area contributed by atoms with Crippen LogP contribution in [0.25, 0.3) is 26.3 Å². The van der Waals surface area contributed by atoms with Crippen LogP contribution in [0.4, 0.5) is 0 Å². The van der Waals surface area contributed by atoms with E-state index in [0.29, 0.717) is 21.1 Å². The zero-order valence-electron chi connectivity index (χ0n) is 18.5. The number of nitrogens with zero attached hydrogens (tertiary/aromatic N) is 2. The number of hydrogen-bond acceptors (Lipinski definition) is 5. The van der Waals surface area contributed by atoms with Crippen LogP contribution in [-0.2, 0) is 12.8 Å². The zero-order chi connectivity index (χ0) is 23.9. The van der Waals surface area contributed by atoms with Gasteiger partial charge < -0.3 is 0 Å². The van der Waals surface area contributed by atoms with Crippen LogP contribution in [0, 0.1) is 0 Å². The monoisotopic (exact) mass is 514 g/mol. The summed E-state index contributed by atoms with van der Waals surface area (Å²) in [6.45, 7) is 0. The van der Waals surface area contributed by atoms with Gasteiger partial charge in [0.15, 0.2) is 10.9 Å². The summed E-state index contributed by atoms with van der Waals surface area (Å²) in [7, 11) is 0. The molecule has 0 amide bonds. The third-order valence-electron chi connectivity index (χ3n) is 6.21. The van der Waals surface area contributed by atoms with E-state index in [1.165, 1.54) is 22.9 Å². The lowest BCUT2D eigenvalue weighted by atomic mass is 9.90. The molecule has 0 unspecified atom stereocenters. The molecule has 172 valence electrons. The summed E-state index contributed by atoms with van der Waals surface area (Å²) in [5, 5.41) is 1.79. The molecule has 0 fully saturated rings. The Balaban J connectivity index is 1.48. The van der Waals surface area contributed by atoms with Crippen LogP contribution in [-0.4, -0.2) is 21.1 Å². The molecule has 2 aromatic heterocycles. The molecular formula is C28H19ClN2O2S2. The van der Waals surface area contributed by atoms with Gasteiger partial charge in [0.25, 0.3) is 5.56 Å². The minimum atomic E-state index is -0.0838. The maximum absolute atomic E-state index is 14.0. The van der Waals surface area contributed by atoms with Gasteiger partial charge >= 0.3 is 0 Å². The molecular weight excluding hydrogens is 496 g/mol. The summed E-state index contributed by atoms with van der Waals surface area (Å²) in [5.41, 5.74) is 4.82. The van der Waals surface area contributed by atoms with E-state index >= 15 is 0 Å². The van der Waals surface area contributed by atoms with E-state index in [1.54, 1.807) is 40.2 Å². The van der Waals surface area contributed by atoms with Crippen molar-refractivity contribution in [2.24, 2.45) is 0 Å². The first-order chi connectivity index (χ1) is 17.1. The number of carbonyl (C=O) groups is 1. The molecule has 0 N–H and O–H groups in total. The smallest absolute Gasteiger partial charge is 0.267 e. The van der Waals surface area contributed by atoms with E-state index in [-0.39, 0.29) is 17.1 Å². The summed E-state index contributed by atoms with van der Waals surface area (Å²) in [6, 6.07) is 24.7. The van der Waals surface area contributed by atoms with Gasteiger partial charge in [0.05, 0.1) is 16.8 Å². The van der Waals surface area contributed by atoms with E-state index in [0.717, 1.165) is 33.8 Å². The summed E-state index contributed by atoms with van der Waals surface area (Å²) in [5.74, 6) is 0.125. The minimum absolute atomic E-state index is 0.0416. The molecule has 0 saturated heterocycles. The minimum Gasteiger partial charge on any atom is -0.293 e. The molecule has 0 bridgehead atoms. The lowest BCUT2D eigenvalue weighted by Gasteiger charge is -2.16. The van der Waals surface area contributed by atoms with Crippen LogP contribution in [0.3, 0.4) is 0 Å². The molecule has 35 heavy (non-hydrogen) atoms. The quantitative estimate of drug-likeness (QED) is 0.146. The van der Waals surface area contributed by atoms with E-state index < -0.39 is 0 Å². The molecule has 5 aromatic rings. The van der Waals surface area contributed by atoms with Crippen LogP contribution in [0.5, 0.6) is 0 Å². The lowest BCUT2D eigenvalue weighted by Crippen LogP contribution is -2.22. The summed E-state index contributed by atoms with van der Waals surface area (Å²) < 4.78 is 1.65. The fourth-order valence-electron chi connectivity index (χ4n) is 4.51. The van der Waals surface area contributed by atoms with Crippen molar-refractivity contribution >= 4 is 50.7 Å². The molecule has 4 nitrogen and oxygen atoms in total. The number of fused-ring (bicyclic) bond motifs is 5. The predicted octanol–water partition coefficient (Wildman–Crippen LogP) is 6.84. The molecule has 0 radical (unpaired) electrons. The van der Waals surface area contributed by atoms with Crippen molar-refractivity contribution in [1.29, 1.82) is 0 Å². The number of benzene rings is 3. The van der Waals surface area contributed by atoms with Gasteiger partial charge in [-0.1, -0.05) is 65.8 Å². The molecule has 6 rings (SSSR count). The maximum Gasteiger partial charge on any atom is 0.267 e. The maximum atomic E-state index is 14.0. The second-order valence-corrected chi connectivity index (χ2v) is 10.7. The summed E-state index contributed by atoms with van der Waals surface area (Å²) >= 11 is 8.82. The van der Waals surface area contributed by atoms with E-state index in [4.69, 9.17) is 16.6 Å². The van der Waals surface area contributed by atoms with Crippen LogP contribution in [0.1, 0.15) is 21.5 Å². The third-order valence-corrected chi connectivity index (χ3v) is 8.56. The standard InChI is InChI=1S/C28H19ClN2O2S2/c29-19-13-10-18(11-14-19)23(32)16-34-28-30-26-24(27(33)31(28)20-7-2-1-3-8-20)22-15-12-17-6-4-5-9-21(17)25(22)35-26/h1-11,13-14H,12,15-16H2. The fourth-order valence-corrected chi connectivity index (χ4v) is 6.87. The number of rotatable bonds is 5. The first kappa shape index (κ1) is 22.3. The number of aryl methyl sites for hydroxylation is 2. The number of aromatic nitrogens is 2. The van der Waals surface area contributed by atoms with Crippen molar-refractivity contribution in [2.75, 3.05) is 5.75 Å². The Kier molecular flexibility index (Phi) is 5.80. The molecule has 7 heteroatoms. The van der Waals surface area contributed by atoms with Crippen molar-refractivity contribution in [3.05, 3.63) is 111 Å². The Labute approximate surface area is 215 Å². The van der Waals surface area contributed by atoms with Crippen molar-refractivity contribution in [3.63, 3.8) is 0 Å². The molecule has 0 aliphatic heterocycles. The van der Waals surface area contributed by atoms with E-state index in [1.807, 2.05) is 36.4 Å². The van der Waals surface area contributed by atoms with Crippen LogP contribution >= 0.6 is 34.7 Å². The van der Waals surface area contributed by atoms with Gasteiger partial charge in [-0.2, -0.15) is 0 Å². The summed E-state index contributed by atoms with van der Waals surface area (Å²) in [6.07, 6.45) is 1.73. The molecule has 0 spiro atoms. The Hall–Kier alpha value is -3.19. The average molecular weight is 515 g/mol. The van der Waals surface area contributed by atoms with Gasteiger partial charge in [-0.05, 0) is 65.9 Å². The first-order valence-electron chi connectivity index (χ1n) is 11.2. The number of thiophene rings is 1. The number of ketones is 1. The van der Waals surface area contributed by atoms with Crippen LogP contribution in [0.15, 0.2) is 88.8 Å². The van der Waals surface area contributed by atoms with E-state index in [2.05, 4.69) is 18.2 Å². The highest BCUT2D eigenvalue weighted by molar-refractivity contribution is 7.99. The fraction of sp³-hybridized carbons (Fsp3) is 0.107. The van der Waals surface area contributed by atoms with Crippen molar-refractivity contribution in [1.82, 2.24) is 9.55 Å². The van der Waals surface area contributed by atoms with Gasteiger partial charge in [0.1, 0.15) is 4.83 Å². The van der Waals surface area contributed by atoms with Crippen molar-refractivity contribution < 1.29 is 4.79 Å². The number of halogens is 1. The zero-order valence-corrected chi connectivity index (χ0v) is 20.9. The Morgan fingerprint density at radius 2 is 1.71 bits per heavy atom. The molecule has 0 atom stereocenters. The van der Waals surface area contributed by atoms with Gasteiger partial charge in [0.2, 0.25) is 0 Å². The highest BCUT2D eigenvalue weighted by atomic mass is 35.5. The average Bonchev–Trinajstić information content (AvgIpc) is 3.27. The molecule has 0 saturated carbocycles. The van der Waals surface area contributed by atoms with Crippen LogP contribution < -0.4 is 5.56 Å². The highest BCUT2D eigenvalue weighted by Crippen LogP contribution is 2.42. The Bertz CT molecular complexity index is 1640. The van der Waals surface area contributed by atoms with Crippen LogP contribution in [0.2, 0.25) is 5.02 Å². The van der Waals surface area contributed by atoms with Gasteiger partial charge in [0, 0.05) is 15.5 Å². The second-order valence-electron chi connectivity index (χ2n) is 8.34. The van der Waals surface area contributed by atoms with Gasteiger partial charge in [-0.15, -0.1) is 11.3 Å². The Morgan fingerprint density at radius 1 is 0.971 bits per heavy atom. The van der Waals surface area contributed by atoms with E-state index in [9.17, 15) is 9.59 Å². The first-order valence-corrected chi connectivity index (χ1v) is 13.4. The second kappa shape index (κ2) is 9.11. The van der Waals surface area contributed by atoms with Gasteiger partial charge in [-0.3, -0.25) is 14.2 Å². The summed E-state index contributed by atoms with van der Waals surface area (Å²) in [4.78, 5) is 33.6. The topological polar surface area (TPSA) is 52.0 Å². The van der Waals surface area contributed by atoms with Crippen molar-refractivity contribution in [3.8, 4) is 16.1 Å². The SMILES string of the molecule is O=C(CSc1nc2sc3c(c2c(=O)n1-c1ccccc1)CCc1ccccc1-3)c1ccc(Cl)cc1. The molecule has 2 heterocycles. The normalized spacial score (nSPS) is 12.4. The number of thioether (sulfide) groups is 1. The number of carbonyl (C=O) groups excluding carboxylic acids is 1. The largest absolute Gasteiger partial charge is 0.293 e. The number of hydrogen-bond donors (Lipinski definition) is 0. The Morgan fingerprint density at radius 3 is 2.51 bits per heavy atom. The molecule has 3 aromatic carbocycles. The number of para-hydroxylation sites is 1. The number of Topliss-reactive ketones (excluding diaryl/α,β-unsaturated/α-hetero) is 1. The molecule has 1 aliphatic carbocycles. The van der Waals surface area contributed by atoms with Gasteiger partial charge in [-0.25, -0.2) is 4.98 Å². The third kappa shape index (κ3) is 4.01. The predicted molar refractivity (Wildman–Crippen MR) is 145 cm³/mol. The highest BCUT2D eigenvalue weighted by Gasteiger charge is 2.26. The molecule has 1 aliphatic rings.